The molecule has 1 aromatic carbocycles. The van der Waals surface area contributed by atoms with Crippen molar-refractivity contribution < 1.29 is 9.53 Å². The van der Waals surface area contributed by atoms with Gasteiger partial charge < -0.3 is 9.30 Å². The molecule has 0 aliphatic carbocycles. The number of aryl methyl sites for hydroxylation is 1. The van der Waals surface area contributed by atoms with Crippen LogP contribution in [0.2, 0.25) is 0 Å². The van der Waals surface area contributed by atoms with Crippen LogP contribution in [0.3, 0.4) is 0 Å². The molecule has 2 aromatic rings. The molecule has 0 saturated heterocycles. The summed E-state index contributed by atoms with van der Waals surface area (Å²) in [7, 11) is 0. The molecule has 5 heteroatoms. The summed E-state index contributed by atoms with van der Waals surface area (Å²) in [5.41, 5.74) is 3.83. The van der Waals surface area contributed by atoms with Crippen LogP contribution in [0.4, 0.5) is 0 Å². The highest BCUT2D eigenvalue weighted by Crippen LogP contribution is 2.24. The van der Waals surface area contributed by atoms with E-state index in [4.69, 9.17) is 4.74 Å². The van der Waals surface area contributed by atoms with Gasteiger partial charge in [-0.15, -0.1) is 0 Å². The standard InChI is InChI=1S/C19H19BrN2O2/c1-12(2)24-19(23)16(11-21)10-15-9-13(3)22(14(15)4)18-7-5-17(20)6-8-18/h5-10,12H,1-4H3/b16-10-. The van der Waals surface area contributed by atoms with E-state index in [1.807, 2.05) is 50.2 Å². The molecule has 0 radical (unpaired) electrons. The minimum atomic E-state index is -0.596. The summed E-state index contributed by atoms with van der Waals surface area (Å²) in [5, 5.41) is 9.25. The van der Waals surface area contributed by atoms with Gasteiger partial charge in [0.15, 0.2) is 0 Å². The number of halogens is 1. The number of rotatable bonds is 4. The van der Waals surface area contributed by atoms with Crippen molar-refractivity contribution in [2.45, 2.75) is 33.8 Å². The van der Waals surface area contributed by atoms with Crippen LogP contribution >= 0.6 is 15.9 Å². The molecule has 1 aromatic heterocycles. The molecular weight excluding hydrogens is 368 g/mol. The smallest absolute Gasteiger partial charge is 0.349 e. The molecular formula is C19H19BrN2O2. The van der Waals surface area contributed by atoms with E-state index in [1.54, 1.807) is 19.9 Å². The van der Waals surface area contributed by atoms with Crippen molar-refractivity contribution in [2.75, 3.05) is 0 Å². The predicted octanol–water partition coefficient (Wildman–Crippen LogP) is 4.72. The number of carbonyl (C=O) groups is 1. The van der Waals surface area contributed by atoms with Crippen LogP contribution in [0.25, 0.3) is 11.8 Å². The lowest BCUT2D eigenvalue weighted by Crippen LogP contribution is -2.12. The molecule has 0 saturated carbocycles. The number of nitrogens with zero attached hydrogens (tertiary/aromatic N) is 2. The first kappa shape index (κ1) is 18.0. The first-order valence-corrected chi connectivity index (χ1v) is 8.40. The zero-order chi connectivity index (χ0) is 17.9. The van der Waals surface area contributed by atoms with Gasteiger partial charge in [-0.3, -0.25) is 0 Å². The van der Waals surface area contributed by atoms with Crippen molar-refractivity contribution in [2.24, 2.45) is 0 Å². The Hall–Kier alpha value is -2.32. The van der Waals surface area contributed by atoms with E-state index in [2.05, 4.69) is 20.5 Å². The van der Waals surface area contributed by atoms with Gasteiger partial charge in [-0.05, 0) is 69.7 Å². The molecule has 0 spiro atoms. The Labute approximate surface area is 150 Å². The van der Waals surface area contributed by atoms with Crippen LogP contribution < -0.4 is 0 Å². The zero-order valence-electron chi connectivity index (χ0n) is 14.1. The SMILES string of the molecule is Cc1cc(/C=C(/C#N)C(=O)OC(C)C)c(C)n1-c1ccc(Br)cc1. The molecule has 24 heavy (non-hydrogen) atoms. The Kier molecular flexibility index (Phi) is 5.63. The molecule has 4 nitrogen and oxygen atoms in total. The summed E-state index contributed by atoms with van der Waals surface area (Å²) in [5.74, 6) is -0.596. The van der Waals surface area contributed by atoms with Crippen molar-refractivity contribution in [3.05, 3.63) is 57.3 Å². The molecule has 0 unspecified atom stereocenters. The second-order valence-electron chi connectivity index (χ2n) is 5.76. The molecule has 0 atom stereocenters. The number of nitriles is 1. The molecule has 0 N–H and O–H groups in total. The zero-order valence-corrected chi connectivity index (χ0v) is 15.7. The largest absolute Gasteiger partial charge is 0.459 e. The Morgan fingerprint density at radius 3 is 2.46 bits per heavy atom. The molecule has 0 amide bonds. The fourth-order valence-electron chi connectivity index (χ4n) is 2.49. The van der Waals surface area contributed by atoms with E-state index < -0.39 is 5.97 Å². The summed E-state index contributed by atoms with van der Waals surface area (Å²) in [6.07, 6.45) is 1.33. The fraction of sp³-hybridized carbons (Fsp3) is 0.263. The van der Waals surface area contributed by atoms with Crippen LogP contribution in [0.5, 0.6) is 0 Å². The van der Waals surface area contributed by atoms with Crippen LogP contribution in [0, 0.1) is 25.2 Å². The number of ether oxygens (including phenoxy) is 1. The maximum Gasteiger partial charge on any atom is 0.349 e. The Morgan fingerprint density at radius 1 is 1.29 bits per heavy atom. The summed E-state index contributed by atoms with van der Waals surface area (Å²) in [6, 6.07) is 11.9. The number of hydrogen-bond donors (Lipinski definition) is 0. The minimum absolute atomic E-state index is 0.000226. The van der Waals surface area contributed by atoms with Gasteiger partial charge in [0.25, 0.3) is 0 Å². The van der Waals surface area contributed by atoms with E-state index in [9.17, 15) is 10.1 Å². The number of benzene rings is 1. The normalized spacial score (nSPS) is 11.5. The second kappa shape index (κ2) is 7.50. The maximum atomic E-state index is 12.0. The first-order chi connectivity index (χ1) is 11.3. The van der Waals surface area contributed by atoms with E-state index in [0.29, 0.717) is 0 Å². The van der Waals surface area contributed by atoms with Crippen LogP contribution in [0.15, 0.2) is 40.4 Å². The number of aromatic nitrogens is 1. The monoisotopic (exact) mass is 386 g/mol. The average molecular weight is 387 g/mol. The Balaban J connectivity index is 2.44. The van der Waals surface area contributed by atoms with Crippen molar-refractivity contribution in [3.63, 3.8) is 0 Å². The average Bonchev–Trinajstić information content (AvgIpc) is 2.79. The van der Waals surface area contributed by atoms with E-state index >= 15 is 0 Å². The Bertz CT molecular complexity index is 824. The van der Waals surface area contributed by atoms with Gasteiger partial charge in [0.05, 0.1) is 6.10 Å². The minimum Gasteiger partial charge on any atom is -0.459 e. The van der Waals surface area contributed by atoms with Crippen LogP contribution in [-0.4, -0.2) is 16.6 Å². The molecule has 0 aliphatic heterocycles. The van der Waals surface area contributed by atoms with Crippen molar-refractivity contribution >= 4 is 28.0 Å². The van der Waals surface area contributed by atoms with Gasteiger partial charge in [-0.1, -0.05) is 15.9 Å². The first-order valence-electron chi connectivity index (χ1n) is 7.61. The summed E-state index contributed by atoms with van der Waals surface area (Å²) < 4.78 is 8.20. The lowest BCUT2D eigenvalue weighted by molar-refractivity contribution is -0.142. The van der Waals surface area contributed by atoms with Gasteiger partial charge in [-0.2, -0.15) is 5.26 Å². The molecule has 124 valence electrons. The molecule has 0 aliphatic rings. The third-order valence-electron chi connectivity index (χ3n) is 3.54. The summed E-state index contributed by atoms with van der Waals surface area (Å²) >= 11 is 3.43. The number of esters is 1. The predicted molar refractivity (Wildman–Crippen MR) is 97.8 cm³/mol. The molecule has 0 bridgehead atoms. The lowest BCUT2D eigenvalue weighted by atomic mass is 10.1. The third kappa shape index (κ3) is 3.95. The summed E-state index contributed by atoms with van der Waals surface area (Å²) in [4.78, 5) is 12.0. The van der Waals surface area contributed by atoms with Crippen LogP contribution in [-0.2, 0) is 9.53 Å². The molecule has 2 rings (SSSR count). The maximum absolute atomic E-state index is 12.0. The van der Waals surface area contributed by atoms with Crippen molar-refractivity contribution in [1.29, 1.82) is 5.26 Å². The third-order valence-corrected chi connectivity index (χ3v) is 4.07. The molecule has 1 heterocycles. The van der Waals surface area contributed by atoms with E-state index in [-0.39, 0.29) is 11.7 Å². The van der Waals surface area contributed by atoms with Gasteiger partial charge in [0.2, 0.25) is 0 Å². The molecule has 0 fully saturated rings. The number of hydrogen-bond acceptors (Lipinski definition) is 3. The Morgan fingerprint density at radius 2 is 1.92 bits per heavy atom. The topological polar surface area (TPSA) is 55.0 Å². The van der Waals surface area contributed by atoms with Gasteiger partial charge in [-0.25, -0.2) is 4.79 Å². The second-order valence-corrected chi connectivity index (χ2v) is 6.68. The van der Waals surface area contributed by atoms with Crippen LogP contribution in [0.1, 0.15) is 30.8 Å². The lowest BCUT2D eigenvalue weighted by Gasteiger charge is -2.10. The van der Waals surface area contributed by atoms with Crippen molar-refractivity contribution in [3.8, 4) is 11.8 Å². The quantitative estimate of drug-likeness (QED) is 0.434. The number of carbonyl (C=O) groups excluding carboxylic acids is 1. The van der Waals surface area contributed by atoms with Gasteiger partial charge in [0, 0.05) is 21.5 Å². The van der Waals surface area contributed by atoms with E-state index in [0.717, 1.165) is 27.1 Å². The fourth-order valence-corrected chi connectivity index (χ4v) is 2.76. The highest BCUT2D eigenvalue weighted by atomic mass is 79.9. The van der Waals surface area contributed by atoms with Gasteiger partial charge >= 0.3 is 5.97 Å². The highest BCUT2D eigenvalue weighted by Gasteiger charge is 2.15. The van der Waals surface area contributed by atoms with Crippen molar-refractivity contribution in [1.82, 2.24) is 4.57 Å². The van der Waals surface area contributed by atoms with E-state index in [1.165, 1.54) is 0 Å². The summed E-state index contributed by atoms with van der Waals surface area (Å²) in [6.45, 7) is 7.47. The van der Waals surface area contributed by atoms with Gasteiger partial charge in [0.1, 0.15) is 11.6 Å². The highest BCUT2D eigenvalue weighted by molar-refractivity contribution is 9.10.